The van der Waals surface area contributed by atoms with Crippen molar-refractivity contribution >= 4 is 31.0 Å². The van der Waals surface area contributed by atoms with Crippen LogP contribution in [0.4, 0.5) is 0 Å². The summed E-state index contributed by atoms with van der Waals surface area (Å²) in [7, 11) is -4.07. The molecule has 0 unspecified atom stereocenters. The Balaban J connectivity index is 1.80. The first-order chi connectivity index (χ1) is 12.8. The molecule has 0 amide bonds. The van der Waals surface area contributed by atoms with Gasteiger partial charge in [-0.3, -0.25) is 0 Å². The number of nitrogens with one attached hydrogen (secondary N) is 1. The van der Waals surface area contributed by atoms with Crippen LogP contribution in [0.3, 0.4) is 0 Å². The van der Waals surface area contributed by atoms with Crippen LogP contribution in [0.5, 0.6) is 11.5 Å². The highest BCUT2D eigenvalue weighted by molar-refractivity contribution is 7.97. The van der Waals surface area contributed by atoms with E-state index in [1.807, 2.05) is 6.07 Å². The summed E-state index contributed by atoms with van der Waals surface area (Å²) in [5.74, 6) is 0.577. The number of hydrogen-bond donors (Lipinski definition) is 1. The first kappa shape index (κ1) is 20.1. The molecule has 0 aliphatic carbocycles. The molecule has 27 heavy (non-hydrogen) atoms. The standard InChI is InChI=1S/C17H21NO6S3/c1-23-14-6-5-12(8-15(14)24-2)9-18-13-10-26(19,20)11-16(13)27(21,22)17-4-3-7-25-17/h3-8,13,16,18H,9-11H2,1-2H3/t13-,16-/m0/s1. The SMILES string of the molecule is COc1ccc(CN[C@H]2CS(=O)(=O)C[C@@H]2S(=O)(=O)c2cccs2)cc1OC. The molecular weight excluding hydrogens is 410 g/mol. The van der Waals surface area contributed by atoms with Crippen molar-refractivity contribution in [3.63, 3.8) is 0 Å². The Labute approximate surface area is 163 Å². The van der Waals surface area contributed by atoms with Crippen LogP contribution in [-0.4, -0.2) is 53.9 Å². The highest BCUT2D eigenvalue weighted by Crippen LogP contribution is 2.30. The minimum atomic E-state index is -3.71. The Bertz CT molecular complexity index is 999. The lowest BCUT2D eigenvalue weighted by Crippen LogP contribution is -2.42. The molecule has 0 spiro atoms. The monoisotopic (exact) mass is 431 g/mol. The molecule has 3 rings (SSSR count). The van der Waals surface area contributed by atoms with E-state index >= 15 is 0 Å². The van der Waals surface area contributed by atoms with Gasteiger partial charge in [0.05, 0.1) is 31.0 Å². The zero-order valence-electron chi connectivity index (χ0n) is 14.9. The van der Waals surface area contributed by atoms with Gasteiger partial charge in [-0.25, -0.2) is 16.8 Å². The normalized spacial score (nSPS) is 21.9. The molecule has 1 fully saturated rings. The van der Waals surface area contributed by atoms with E-state index in [1.54, 1.807) is 30.7 Å². The Morgan fingerprint density at radius 2 is 1.89 bits per heavy atom. The van der Waals surface area contributed by atoms with Gasteiger partial charge < -0.3 is 14.8 Å². The van der Waals surface area contributed by atoms with Crippen molar-refractivity contribution in [1.29, 1.82) is 0 Å². The summed E-state index contributed by atoms with van der Waals surface area (Å²) in [5, 5.41) is 3.78. The number of hydrogen-bond acceptors (Lipinski definition) is 8. The van der Waals surface area contributed by atoms with E-state index in [9.17, 15) is 16.8 Å². The first-order valence-corrected chi connectivity index (χ1v) is 12.4. The number of benzene rings is 1. The second-order valence-electron chi connectivity index (χ2n) is 6.27. The fraction of sp³-hybridized carbons (Fsp3) is 0.412. The summed E-state index contributed by atoms with van der Waals surface area (Å²) in [6, 6.07) is 7.83. The molecule has 10 heteroatoms. The van der Waals surface area contributed by atoms with Crippen molar-refractivity contribution in [2.45, 2.75) is 22.0 Å². The highest BCUT2D eigenvalue weighted by atomic mass is 32.2. The largest absolute Gasteiger partial charge is 0.493 e. The van der Waals surface area contributed by atoms with Crippen LogP contribution in [-0.2, 0) is 26.2 Å². The maximum Gasteiger partial charge on any atom is 0.193 e. The quantitative estimate of drug-likeness (QED) is 0.709. The van der Waals surface area contributed by atoms with Gasteiger partial charge in [-0.2, -0.15) is 0 Å². The van der Waals surface area contributed by atoms with E-state index in [2.05, 4.69) is 5.32 Å². The molecule has 1 aromatic heterocycles. The molecule has 0 radical (unpaired) electrons. The molecule has 2 heterocycles. The number of rotatable bonds is 7. The Hall–Kier alpha value is -1.62. The lowest BCUT2D eigenvalue weighted by Gasteiger charge is -2.19. The maximum atomic E-state index is 12.9. The fourth-order valence-electron chi connectivity index (χ4n) is 3.13. The lowest BCUT2D eigenvalue weighted by atomic mass is 10.1. The number of thiophene rings is 1. The molecule has 2 atom stereocenters. The molecule has 7 nitrogen and oxygen atoms in total. The predicted molar refractivity (Wildman–Crippen MR) is 104 cm³/mol. The van der Waals surface area contributed by atoms with Crippen molar-refractivity contribution in [3.05, 3.63) is 41.3 Å². The number of methoxy groups -OCH3 is 2. The molecule has 1 aliphatic rings. The fourth-order valence-corrected chi connectivity index (χ4v) is 9.07. The smallest absolute Gasteiger partial charge is 0.193 e. The van der Waals surface area contributed by atoms with Gasteiger partial charge in [-0.15, -0.1) is 11.3 Å². The average Bonchev–Trinajstić information content (AvgIpc) is 3.28. The molecule has 0 bridgehead atoms. The molecular formula is C17H21NO6S3. The van der Waals surface area contributed by atoms with E-state index in [0.29, 0.717) is 18.0 Å². The van der Waals surface area contributed by atoms with E-state index < -0.39 is 31.0 Å². The third kappa shape index (κ3) is 4.29. The van der Waals surface area contributed by atoms with Crippen LogP contribution in [0.15, 0.2) is 39.9 Å². The molecule has 148 valence electrons. The van der Waals surface area contributed by atoms with Gasteiger partial charge in [0.15, 0.2) is 31.2 Å². The number of ether oxygens (including phenoxy) is 2. The van der Waals surface area contributed by atoms with Crippen molar-refractivity contribution in [1.82, 2.24) is 5.32 Å². The van der Waals surface area contributed by atoms with Gasteiger partial charge >= 0.3 is 0 Å². The second kappa shape index (κ2) is 7.78. The average molecular weight is 432 g/mol. The Morgan fingerprint density at radius 1 is 1.15 bits per heavy atom. The third-order valence-corrected chi connectivity index (χ3v) is 10.1. The third-order valence-electron chi connectivity index (χ3n) is 4.49. The van der Waals surface area contributed by atoms with Crippen LogP contribution in [0, 0.1) is 0 Å². The van der Waals surface area contributed by atoms with Crippen LogP contribution >= 0.6 is 11.3 Å². The van der Waals surface area contributed by atoms with Crippen molar-refractivity contribution < 1.29 is 26.3 Å². The van der Waals surface area contributed by atoms with Crippen LogP contribution in [0.25, 0.3) is 0 Å². The summed E-state index contributed by atoms with van der Waals surface area (Å²) < 4.78 is 60.6. The summed E-state index contributed by atoms with van der Waals surface area (Å²) in [5.41, 5.74) is 0.837. The predicted octanol–water partition coefficient (Wildman–Crippen LogP) is 1.49. The second-order valence-corrected chi connectivity index (χ2v) is 11.8. The minimum Gasteiger partial charge on any atom is -0.493 e. The molecule has 0 saturated carbocycles. The van der Waals surface area contributed by atoms with E-state index in [-0.39, 0.29) is 15.7 Å². The molecule has 1 aliphatic heterocycles. The first-order valence-electron chi connectivity index (χ1n) is 8.19. The molecule has 1 saturated heterocycles. The summed E-state index contributed by atoms with van der Waals surface area (Å²) >= 11 is 1.10. The Morgan fingerprint density at radius 3 is 2.52 bits per heavy atom. The van der Waals surface area contributed by atoms with E-state index in [4.69, 9.17) is 9.47 Å². The summed E-state index contributed by atoms with van der Waals surface area (Å²) in [6.07, 6.45) is 0. The highest BCUT2D eigenvalue weighted by Gasteiger charge is 2.45. The molecule has 2 aromatic rings. The van der Waals surface area contributed by atoms with Crippen LogP contribution < -0.4 is 14.8 Å². The minimum absolute atomic E-state index is 0.197. The topological polar surface area (TPSA) is 98.8 Å². The van der Waals surface area contributed by atoms with Gasteiger partial charge in [0.25, 0.3) is 0 Å². The van der Waals surface area contributed by atoms with Crippen LogP contribution in [0.1, 0.15) is 5.56 Å². The Kier molecular flexibility index (Phi) is 5.80. The zero-order chi connectivity index (χ0) is 19.7. The van der Waals surface area contributed by atoms with E-state index in [0.717, 1.165) is 16.9 Å². The van der Waals surface area contributed by atoms with Gasteiger partial charge in [0, 0.05) is 12.6 Å². The van der Waals surface area contributed by atoms with Crippen molar-refractivity contribution in [2.24, 2.45) is 0 Å². The van der Waals surface area contributed by atoms with Gasteiger partial charge in [0.2, 0.25) is 0 Å². The summed E-state index contributed by atoms with van der Waals surface area (Å²) in [6.45, 7) is 0.316. The van der Waals surface area contributed by atoms with Gasteiger partial charge in [0.1, 0.15) is 4.21 Å². The van der Waals surface area contributed by atoms with Crippen LogP contribution in [0.2, 0.25) is 0 Å². The van der Waals surface area contributed by atoms with Crippen molar-refractivity contribution in [2.75, 3.05) is 25.7 Å². The van der Waals surface area contributed by atoms with Crippen molar-refractivity contribution in [3.8, 4) is 11.5 Å². The lowest BCUT2D eigenvalue weighted by molar-refractivity contribution is 0.354. The van der Waals surface area contributed by atoms with E-state index in [1.165, 1.54) is 13.2 Å². The summed E-state index contributed by atoms with van der Waals surface area (Å²) in [4.78, 5) is 0. The molecule has 1 N–H and O–H groups in total. The number of sulfone groups is 2. The zero-order valence-corrected chi connectivity index (χ0v) is 17.4. The van der Waals surface area contributed by atoms with Gasteiger partial charge in [-0.05, 0) is 29.1 Å². The van der Waals surface area contributed by atoms with Gasteiger partial charge in [-0.1, -0.05) is 12.1 Å². The molecule has 1 aromatic carbocycles. The maximum absolute atomic E-state index is 12.9.